The van der Waals surface area contributed by atoms with E-state index in [1.165, 1.54) is 0 Å². The Bertz CT molecular complexity index is 176. The van der Waals surface area contributed by atoms with Gasteiger partial charge in [0.05, 0.1) is 5.92 Å². The number of carbonyl (C=O) groups is 1. The molecule has 1 fully saturated rings. The van der Waals surface area contributed by atoms with E-state index in [-0.39, 0.29) is 12.0 Å². The summed E-state index contributed by atoms with van der Waals surface area (Å²) in [5.41, 5.74) is 0. The highest BCUT2D eigenvalue weighted by molar-refractivity contribution is 7.13. The van der Waals surface area contributed by atoms with E-state index in [4.69, 9.17) is 5.11 Å². The lowest BCUT2D eigenvalue weighted by molar-refractivity contribution is -0.142. The molecule has 4 heteroatoms. The maximum absolute atomic E-state index is 10.7. The first kappa shape index (κ1) is 9.94. The zero-order chi connectivity index (χ0) is 9.30. The Balaban J connectivity index is 2.65. The van der Waals surface area contributed by atoms with Crippen LogP contribution in [0.25, 0.3) is 0 Å². The standard InChI is InChI=1S/C8H16NO2P/c1-5-3-4-9(12)7(5)6(2)8(10)11/h5-7H,3-4,12H2,1-2H3,(H,10,11). The van der Waals surface area contributed by atoms with Crippen LogP contribution in [0.3, 0.4) is 0 Å². The van der Waals surface area contributed by atoms with Gasteiger partial charge < -0.3 is 5.11 Å². The smallest absolute Gasteiger partial charge is 0.307 e. The summed E-state index contributed by atoms with van der Waals surface area (Å²) in [4.78, 5) is 10.7. The molecule has 1 aliphatic rings. The summed E-state index contributed by atoms with van der Waals surface area (Å²) in [6.45, 7) is 4.90. The fourth-order valence-corrected chi connectivity index (χ4v) is 2.63. The minimum Gasteiger partial charge on any atom is -0.481 e. The van der Waals surface area contributed by atoms with Crippen molar-refractivity contribution in [3.63, 3.8) is 0 Å². The van der Waals surface area contributed by atoms with Crippen molar-refractivity contribution in [3.8, 4) is 0 Å². The molecule has 1 saturated heterocycles. The summed E-state index contributed by atoms with van der Waals surface area (Å²) in [6.07, 6.45) is 1.10. The first-order valence-corrected chi connectivity index (χ1v) is 4.80. The van der Waals surface area contributed by atoms with Crippen molar-refractivity contribution in [1.82, 2.24) is 4.67 Å². The van der Waals surface area contributed by atoms with Crippen molar-refractivity contribution in [2.24, 2.45) is 11.8 Å². The Morgan fingerprint density at radius 1 is 1.75 bits per heavy atom. The second kappa shape index (κ2) is 3.71. The maximum atomic E-state index is 10.7. The van der Waals surface area contributed by atoms with Gasteiger partial charge in [0.2, 0.25) is 0 Å². The molecule has 0 spiro atoms. The van der Waals surface area contributed by atoms with Gasteiger partial charge in [-0.05, 0) is 12.3 Å². The third-order valence-electron chi connectivity index (χ3n) is 2.71. The second-order valence-corrected chi connectivity index (χ2v) is 4.28. The predicted molar refractivity (Wildman–Crippen MR) is 50.8 cm³/mol. The molecule has 70 valence electrons. The van der Waals surface area contributed by atoms with Gasteiger partial charge in [-0.25, -0.2) is 0 Å². The molecule has 0 radical (unpaired) electrons. The fraction of sp³-hybridized carbons (Fsp3) is 0.875. The van der Waals surface area contributed by atoms with E-state index in [0.717, 1.165) is 13.0 Å². The summed E-state index contributed by atoms with van der Waals surface area (Å²) in [5.74, 6) is -0.463. The molecule has 0 aromatic heterocycles. The molecule has 1 N–H and O–H groups in total. The Labute approximate surface area is 75.4 Å². The lowest BCUT2D eigenvalue weighted by Gasteiger charge is -2.26. The molecule has 0 amide bonds. The van der Waals surface area contributed by atoms with E-state index in [0.29, 0.717) is 5.92 Å². The van der Waals surface area contributed by atoms with Crippen molar-refractivity contribution < 1.29 is 9.90 Å². The lowest BCUT2D eigenvalue weighted by atomic mass is 9.92. The van der Waals surface area contributed by atoms with Crippen LogP contribution < -0.4 is 0 Å². The van der Waals surface area contributed by atoms with Gasteiger partial charge in [0.1, 0.15) is 0 Å². The summed E-state index contributed by atoms with van der Waals surface area (Å²) in [7, 11) is 2.62. The Morgan fingerprint density at radius 2 is 2.33 bits per heavy atom. The number of rotatable bonds is 2. The Morgan fingerprint density at radius 3 is 2.67 bits per heavy atom. The summed E-state index contributed by atoms with van der Waals surface area (Å²) in [6, 6.07) is 0.187. The van der Waals surface area contributed by atoms with Crippen molar-refractivity contribution in [2.45, 2.75) is 26.3 Å². The molecule has 0 bridgehead atoms. The average molecular weight is 189 g/mol. The molecule has 1 aliphatic heterocycles. The van der Waals surface area contributed by atoms with Crippen LogP contribution in [-0.2, 0) is 4.79 Å². The summed E-state index contributed by atoms with van der Waals surface area (Å²) >= 11 is 0. The largest absolute Gasteiger partial charge is 0.481 e. The van der Waals surface area contributed by atoms with Gasteiger partial charge in [0.25, 0.3) is 0 Å². The van der Waals surface area contributed by atoms with Gasteiger partial charge in [-0.1, -0.05) is 23.2 Å². The van der Waals surface area contributed by atoms with Crippen LogP contribution in [0.1, 0.15) is 20.3 Å². The zero-order valence-corrected chi connectivity index (χ0v) is 8.68. The number of carboxylic acid groups (broad SMARTS) is 1. The molecular formula is C8H16NO2P. The van der Waals surface area contributed by atoms with Crippen LogP contribution in [0.5, 0.6) is 0 Å². The molecule has 3 nitrogen and oxygen atoms in total. The highest BCUT2D eigenvalue weighted by Gasteiger charge is 2.36. The number of hydrogen-bond donors (Lipinski definition) is 1. The van der Waals surface area contributed by atoms with Crippen molar-refractivity contribution in [3.05, 3.63) is 0 Å². The molecular weight excluding hydrogens is 173 g/mol. The Kier molecular flexibility index (Phi) is 3.08. The van der Waals surface area contributed by atoms with Crippen molar-refractivity contribution >= 4 is 15.4 Å². The lowest BCUT2D eigenvalue weighted by Crippen LogP contribution is -2.35. The molecule has 0 aromatic rings. The minimum absolute atomic E-state index is 0.187. The average Bonchev–Trinajstić information content (AvgIpc) is 2.30. The molecule has 0 saturated carbocycles. The van der Waals surface area contributed by atoms with Gasteiger partial charge in [-0.2, -0.15) is 0 Å². The van der Waals surface area contributed by atoms with Crippen LogP contribution in [0.15, 0.2) is 0 Å². The van der Waals surface area contributed by atoms with Crippen LogP contribution in [0.2, 0.25) is 0 Å². The SMILES string of the molecule is CC1CCN(P)C1C(C)C(=O)O. The van der Waals surface area contributed by atoms with E-state index >= 15 is 0 Å². The number of nitrogens with zero attached hydrogens (tertiary/aromatic N) is 1. The van der Waals surface area contributed by atoms with E-state index in [1.807, 2.05) is 0 Å². The molecule has 4 unspecified atom stereocenters. The van der Waals surface area contributed by atoms with Gasteiger partial charge in [0, 0.05) is 12.6 Å². The van der Waals surface area contributed by atoms with Gasteiger partial charge >= 0.3 is 5.97 Å². The quantitative estimate of drug-likeness (QED) is 0.664. The van der Waals surface area contributed by atoms with Crippen LogP contribution in [-0.4, -0.2) is 28.3 Å². The molecule has 1 rings (SSSR count). The van der Waals surface area contributed by atoms with Crippen LogP contribution in [0, 0.1) is 11.8 Å². The number of hydrogen-bond acceptors (Lipinski definition) is 2. The van der Waals surface area contributed by atoms with Gasteiger partial charge in [0.15, 0.2) is 0 Å². The normalized spacial score (nSPS) is 33.6. The molecule has 0 aliphatic carbocycles. The fourth-order valence-electron chi connectivity index (χ4n) is 1.93. The molecule has 12 heavy (non-hydrogen) atoms. The van der Waals surface area contributed by atoms with E-state index < -0.39 is 5.97 Å². The third kappa shape index (κ3) is 1.78. The number of carboxylic acids is 1. The monoisotopic (exact) mass is 189 g/mol. The number of aliphatic carboxylic acids is 1. The molecule has 4 atom stereocenters. The van der Waals surface area contributed by atoms with E-state index in [9.17, 15) is 4.79 Å². The van der Waals surface area contributed by atoms with Gasteiger partial charge in [-0.15, -0.1) is 0 Å². The van der Waals surface area contributed by atoms with Gasteiger partial charge in [-0.3, -0.25) is 9.46 Å². The minimum atomic E-state index is -0.693. The first-order valence-electron chi connectivity index (χ1n) is 4.28. The van der Waals surface area contributed by atoms with E-state index in [1.54, 1.807) is 6.92 Å². The maximum Gasteiger partial charge on any atom is 0.307 e. The van der Waals surface area contributed by atoms with Crippen LogP contribution in [0.4, 0.5) is 0 Å². The zero-order valence-electron chi connectivity index (χ0n) is 7.53. The highest BCUT2D eigenvalue weighted by Crippen LogP contribution is 2.31. The van der Waals surface area contributed by atoms with E-state index in [2.05, 4.69) is 21.0 Å². The predicted octanol–water partition coefficient (Wildman–Crippen LogP) is 1.21. The molecule has 1 heterocycles. The van der Waals surface area contributed by atoms with Crippen LogP contribution >= 0.6 is 9.39 Å². The summed E-state index contributed by atoms with van der Waals surface area (Å²) < 4.78 is 2.07. The third-order valence-corrected chi connectivity index (χ3v) is 3.31. The first-order chi connectivity index (χ1) is 5.54. The summed E-state index contributed by atoms with van der Waals surface area (Å²) in [5, 5.41) is 8.84. The highest BCUT2D eigenvalue weighted by atomic mass is 31.0. The second-order valence-electron chi connectivity index (χ2n) is 3.62. The Hall–Kier alpha value is -0.140. The van der Waals surface area contributed by atoms with Crippen molar-refractivity contribution in [2.75, 3.05) is 6.54 Å². The van der Waals surface area contributed by atoms with Crippen molar-refractivity contribution in [1.29, 1.82) is 0 Å². The molecule has 0 aromatic carbocycles. The topological polar surface area (TPSA) is 40.5 Å².